The zero-order valence-corrected chi connectivity index (χ0v) is 33.5. The first-order valence-electron chi connectivity index (χ1n) is 17.4. The molecular weight excluding hydrogens is 808 g/mol. The molecule has 0 unspecified atom stereocenters. The molecule has 4 aromatic carbocycles. The van der Waals surface area contributed by atoms with E-state index in [0.29, 0.717) is 11.5 Å². The number of hydrogen-bond acceptors (Lipinski definition) is 2. The van der Waals surface area contributed by atoms with Gasteiger partial charge in [-0.15, -0.1) is 29.7 Å². The molecule has 0 saturated carbocycles. The maximum atomic E-state index is 6.52. The van der Waals surface area contributed by atoms with Crippen LogP contribution in [0.1, 0.15) is 84.7 Å². The van der Waals surface area contributed by atoms with Gasteiger partial charge in [0.2, 0.25) is 0 Å². The Kier molecular flexibility index (Phi) is 9.44. The third kappa shape index (κ3) is 7.06. The van der Waals surface area contributed by atoms with Crippen molar-refractivity contribution < 1.29 is 30.4 Å². The average Bonchev–Trinajstić information content (AvgIpc) is 3.64. The SMILES string of the molecule is Cc1cc(C(C)(C)C)ccc1-[n+]1[c-]n(-c2[c-]c(Oc3[c-]c4c(cc3)c3ccccc3n4-c3cc(C(C)(C)C)ccn3)ccc2)c(C(C)(C)C)c1.[Pt]. The normalized spacial score (nSPS) is 12.4. The maximum absolute atomic E-state index is 6.52. The molecule has 0 atom stereocenters. The van der Waals surface area contributed by atoms with E-state index < -0.39 is 0 Å². The second kappa shape index (κ2) is 13.3. The number of aryl methyl sites for hydroxylation is 1. The summed E-state index contributed by atoms with van der Waals surface area (Å²) in [4.78, 5) is 4.81. The molecule has 0 spiro atoms. The van der Waals surface area contributed by atoms with Crippen molar-refractivity contribution in [2.24, 2.45) is 0 Å². The Morgan fingerprint density at radius 3 is 2.10 bits per heavy atom. The van der Waals surface area contributed by atoms with Crippen molar-refractivity contribution in [1.29, 1.82) is 0 Å². The number of pyridine rings is 1. The molecule has 0 amide bonds. The molecule has 5 nitrogen and oxygen atoms in total. The van der Waals surface area contributed by atoms with Crippen LogP contribution in [0.15, 0.2) is 97.3 Å². The van der Waals surface area contributed by atoms with Crippen LogP contribution in [0.5, 0.6) is 11.5 Å². The third-order valence-corrected chi connectivity index (χ3v) is 9.40. The van der Waals surface area contributed by atoms with E-state index in [1.807, 2.05) is 24.4 Å². The number of fused-ring (bicyclic) bond motifs is 3. The second-order valence-electron chi connectivity index (χ2n) is 16.4. The van der Waals surface area contributed by atoms with Gasteiger partial charge < -0.3 is 13.9 Å². The number of benzene rings is 4. The van der Waals surface area contributed by atoms with Crippen LogP contribution in [0.3, 0.4) is 0 Å². The molecule has 0 radical (unpaired) electrons. The van der Waals surface area contributed by atoms with Crippen LogP contribution in [-0.2, 0) is 37.3 Å². The van der Waals surface area contributed by atoms with E-state index >= 15 is 0 Å². The summed E-state index contributed by atoms with van der Waals surface area (Å²) in [5.41, 5.74) is 8.77. The first-order chi connectivity index (χ1) is 23.6. The maximum Gasteiger partial charge on any atom is 0.267 e. The van der Waals surface area contributed by atoms with Gasteiger partial charge in [0.15, 0.2) is 0 Å². The van der Waals surface area contributed by atoms with Crippen molar-refractivity contribution in [3.05, 3.63) is 138 Å². The molecule has 0 saturated heterocycles. The van der Waals surface area contributed by atoms with E-state index in [2.05, 4.69) is 174 Å². The summed E-state index contributed by atoms with van der Waals surface area (Å²) in [5, 5.41) is 2.25. The van der Waals surface area contributed by atoms with Crippen LogP contribution in [0.4, 0.5) is 0 Å². The van der Waals surface area contributed by atoms with Crippen LogP contribution >= 0.6 is 0 Å². The van der Waals surface area contributed by atoms with Gasteiger partial charge in [0.05, 0.1) is 11.4 Å². The minimum Gasteiger partial charge on any atom is -0.510 e. The van der Waals surface area contributed by atoms with E-state index in [9.17, 15) is 0 Å². The van der Waals surface area contributed by atoms with Crippen molar-refractivity contribution in [2.45, 2.75) is 85.5 Å². The molecule has 0 bridgehead atoms. The fourth-order valence-electron chi connectivity index (χ4n) is 6.52. The van der Waals surface area contributed by atoms with Crippen LogP contribution < -0.4 is 9.30 Å². The molecule has 0 fully saturated rings. The number of ether oxygens (including phenoxy) is 1. The zero-order chi connectivity index (χ0) is 35.6. The number of aromatic nitrogens is 4. The van der Waals surface area contributed by atoms with E-state index in [1.54, 1.807) is 0 Å². The Labute approximate surface area is 317 Å². The Bertz CT molecular complexity index is 2380. The predicted octanol–water partition coefficient (Wildman–Crippen LogP) is 10.6. The van der Waals surface area contributed by atoms with Crippen molar-refractivity contribution >= 4 is 21.8 Å². The van der Waals surface area contributed by atoms with Crippen LogP contribution in [-0.4, -0.2) is 14.1 Å². The van der Waals surface area contributed by atoms with E-state index in [4.69, 9.17) is 9.72 Å². The van der Waals surface area contributed by atoms with E-state index in [-0.39, 0.29) is 37.3 Å². The van der Waals surface area contributed by atoms with Gasteiger partial charge in [-0.2, -0.15) is 18.2 Å². The number of hydrogen-bond donors (Lipinski definition) is 0. The fraction of sp³-hybridized carbons (Fsp3) is 0.289. The number of rotatable bonds is 5. The number of imidazole rings is 1. The zero-order valence-electron chi connectivity index (χ0n) is 31.3. The summed E-state index contributed by atoms with van der Waals surface area (Å²) >= 11 is 0. The molecule has 7 aromatic rings. The Hall–Kier alpha value is -4.47. The minimum atomic E-state index is -0.143. The van der Waals surface area contributed by atoms with Gasteiger partial charge in [-0.05, 0) is 75.2 Å². The van der Waals surface area contributed by atoms with Gasteiger partial charge in [-0.3, -0.25) is 4.57 Å². The third-order valence-electron chi connectivity index (χ3n) is 9.40. The van der Waals surface area contributed by atoms with Crippen LogP contribution in [0, 0.1) is 25.4 Å². The minimum absolute atomic E-state index is 0. The molecule has 0 aliphatic carbocycles. The molecule has 3 heterocycles. The van der Waals surface area contributed by atoms with Crippen molar-refractivity contribution in [3.63, 3.8) is 0 Å². The molecule has 0 aliphatic heterocycles. The van der Waals surface area contributed by atoms with Crippen LogP contribution in [0.25, 0.3) is 39.0 Å². The molecule has 0 N–H and O–H groups in total. The van der Waals surface area contributed by atoms with Gasteiger partial charge in [-0.1, -0.05) is 98.2 Å². The molecule has 0 aliphatic rings. The van der Waals surface area contributed by atoms with Crippen molar-refractivity contribution in [3.8, 4) is 28.7 Å². The van der Waals surface area contributed by atoms with Crippen molar-refractivity contribution in [1.82, 2.24) is 14.1 Å². The average molecular weight is 854 g/mol. The summed E-state index contributed by atoms with van der Waals surface area (Å²) in [6, 6.07) is 36.6. The summed E-state index contributed by atoms with van der Waals surface area (Å²) in [5.74, 6) is 2.08. The summed E-state index contributed by atoms with van der Waals surface area (Å²) in [6.45, 7) is 22.3. The van der Waals surface area contributed by atoms with E-state index in [1.165, 1.54) is 16.7 Å². The quantitative estimate of drug-likeness (QED) is 0.128. The van der Waals surface area contributed by atoms with Gasteiger partial charge in [0.25, 0.3) is 6.33 Å². The second-order valence-corrected chi connectivity index (χ2v) is 16.4. The standard InChI is InChI=1S/C45H46N4O.Pt/c1-30-24-31(43(2,3)4)18-21-38(30)47-28-41(45(8,9)10)48(29-47)33-14-13-15-34(26-33)50-35-19-20-37-36-16-11-12-17-39(36)49(40(37)27-35)42-25-32(22-23-46-42)44(5,6)7;/h11-25,28H,1-10H3;/q-2;. The first kappa shape index (κ1) is 36.3. The van der Waals surface area contributed by atoms with Crippen molar-refractivity contribution in [2.75, 3.05) is 0 Å². The molecule has 51 heavy (non-hydrogen) atoms. The number of nitrogens with zero attached hydrogens (tertiary/aromatic N) is 4. The summed E-state index contributed by atoms with van der Waals surface area (Å²) < 4.78 is 12.9. The van der Waals surface area contributed by atoms with Gasteiger partial charge in [0, 0.05) is 50.5 Å². The number of para-hydroxylation sites is 1. The smallest absolute Gasteiger partial charge is 0.267 e. The molecule has 3 aromatic heterocycles. The van der Waals surface area contributed by atoms with E-state index in [0.717, 1.165) is 44.7 Å². The Morgan fingerprint density at radius 1 is 0.686 bits per heavy atom. The molecular formula is C45H46N4OPt-2. The van der Waals surface area contributed by atoms with Gasteiger partial charge in [0.1, 0.15) is 5.82 Å². The largest absolute Gasteiger partial charge is 0.510 e. The van der Waals surface area contributed by atoms with Gasteiger partial charge >= 0.3 is 0 Å². The fourth-order valence-corrected chi connectivity index (χ4v) is 6.52. The Balaban J connectivity index is 0.00000448. The molecule has 264 valence electrons. The Morgan fingerprint density at radius 2 is 1.39 bits per heavy atom. The van der Waals surface area contributed by atoms with Gasteiger partial charge in [-0.25, -0.2) is 4.98 Å². The molecule has 7 rings (SSSR count). The monoisotopic (exact) mass is 853 g/mol. The summed E-state index contributed by atoms with van der Waals surface area (Å²) in [6.07, 6.45) is 7.70. The predicted molar refractivity (Wildman–Crippen MR) is 203 cm³/mol. The van der Waals surface area contributed by atoms with Crippen LogP contribution in [0.2, 0.25) is 0 Å². The first-order valence-corrected chi connectivity index (χ1v) is 17.4. The summed E-state index contributed by atoms with van der Waals surface area (Å²) in [7, 11) is 0. The topological polar surface area (TPSA) is 35.9 Å². The molecule has 6 heteroatoms.